The van der Waals surface area contributed by atoms with Gasteiger partial charge in [0.2, 0.25) is 0 Å². The molecule has 2 fully saturated rings. The summed E-state index contributed by atoms with van der Waals surface area (Å²) < 4.78 is 94.2. The molecule has 0 saturated heterocycles. The van der Waals surface area contributed by atoms with Crippen LogP contribution in [-0.2, 0) is 10.8 Å². The lowest BCUT2D eigenvalue weighted by Crippen LogP contribution is -2.38. The highest BCUT2D eigenvalue weighted by atomic mass is 19.4. The highest BCUT2D eigenvalue weighted by molar-refractivity contribution is 5.54. The third-order valence-corrected chi connectivity index (χ3v) is 5.61. The number of phenols is 1. The number of hydrogen-bond donors (Lipinski definition) is 1. The average molecular weight is 384 g/mol. The normalized spacial score (nSPS) is 20.3. The summed E-state index contributed by atoms with van der Waals surface area (Å²) in [4.78, 5) is 0. The van der Waals surface area contributed by atoms with E-state index in [4.69, 9.17) is 0 Å². The van der Waals surface area contributed by atoms with Gasteiger partial charge in [-0.3, -0.25) is 0 Å². The summed E-state index contributed by atoms with van der Waals surface area (Å²) in [5.74, 6) is -2.58. The molecule has 0 amide bonds. The second-order valence-corrected chi connectivity index (χ2v) is 8.02. The van der Waals surface area contributed by atoms with Gasteiger partial charge in [0.15, 0.2) is 11.6 Å². The fraction of sp³-hybridized carbons (Fsp3) is 0.667. The van der Waals surface area contributed by atoms with Gasteiger partial charge in [-0.2, -0.15) is 26.3 Å². The van der Waals surface area contributed by atoms with E-state index >= 15 is 0 Å². The van der Waals surface area contributed by atoms with E-state index in [1.54, 1.807) is 0 Å². The number of benzene rings is 1. The van der Waals surface area contributed by atoms with Crippen LogP contribution in [0.1, 0.15) is 68.6 Å². The summed E-state index contributed by atoms with van der Waals surface area (Å²) in [7, 11) is 0. The van der Waals surface area contributed by atoms with Crippen LogP contribution in [0.25, 0.3) is 0 Å². The van der Waals surface area contributed by atoms with Gasteiger partial charge in [0.05, 0.1) is 11.8 Å². The quantitative estimate of drug-likeness (QED) is 0.610. The van der Waals surface area contributed by atoms with Crippen molar-refractivity contribution < 1.29 is 35.8 Å². The molecule has 1 aromatic rings. The number of rotatable bonds is 4. The van der Waals surface area contributed by atoms with E-state index < -0.39 is 47.1 Å². The zero-order valence-corrected chi connectivity index (χ0v) is 14.3. The second kappa shape index (κ2) is 5.52. The van der Waals surface area contributed by atoms with Gasteiger partial charge < -0.3 is 5.11 Å². The monoisotopic (exact) mass is 384 g/mol. The van der Waals surface area contributed by atoms with Crippen molar-refractivity contribution in [3.63, 3.8) is 0 Å². The van der Waals surface area contributed by atoms with Gasteiger partial charge in [-0.1, -0.05) is 6.07 Å². The predicted octanol–water partition coefficient (Wildman–Crippen LogP) is 6.23. The van der Waals surface area contributed by atoms with Crippen LogP contribution in [-0.4, -0.2) is 17.5 Å². The van der Waals surface area contributed by atoms with Gasteiger partial charge in [0.1, 0.15) is 0 Å². The molecule has 1 aromatic carbocycles. The molecule has 0 heterocycles. The lowest BCUT2D eigenvalue weighted by molar-refractivity contribution is -0.180. The van der Waals surface area contributed by atoms with Crippen molar-refractivity contribution in [1.29, 1.82) is 0 Å². The number of alkyl halides is 6. The van der Waals surface area contributed by atoms with Gasteiger partial charge in [-0.05, 0) is 56.6 Å². The number of aromatic hydroxyl groups is 1. The Hall–Kier alpha value is -1.47. The van der Waals surface area contributed by atoms with Crippen LogP contribution in [0.15, 0.2) is 6.07 Å². The minimum absolute atomic E-state index is 0.0498. The first-order chi connectivity index (χ1) is 11.7. The van der Waals surface area contributed by atoms with Crippen LogP contribution in [0, 0.1) is 5.82 Å². The van der Waals surface area contributed by atoms with Gasteiger partial charge in [-0.15, -0.1) is 0 Å². The van der Waals surface area contributed by atoms with Gasteiger partial charge >= 0.3 is 12.4 Å². The fourth-order valence-electron chi connectivity index (χ4n) is 3.58. The van der Waals surface area contributed by atoms with E-state index in [9.17, 15) is 35.8 Å². The van der Waals surface area contributed by atoms with Gasteiger partial charge in [0.25, 0.3) is 0 Å². The molecule has 2 aliphatic rings. The van der Waals surface area contributed by atoms with E-state index in [2.05, 4.69) is 0 Å². The highest BCUT2D eigenvalue weighted by Gasteiger charge is 2.56. The first kappa shape index (κ1) is 19.3. The maximum absolute atomic E-state index is 14.8. The van der Waals surface area contributed by atoms with Crippen molar-refractivity contribution in [2.45, 2.75) is 75.1 Å². The molecule has 0 radical (unpaired) electrons. The van der Waals surface area contributed by atoms with E-state index in [0.29, 0.717) is 12.8 Å². The number of phenolic OH excluding ortho intramolecular Hbond substituents is 1. The van der Waals surface area contributed by atoms with Crippen LogP contribution in [0.3, 0.4) is 0 Å². The van der Waals surface area contributed by atoms with Crippen molar-refractivity contribution in [3.8, 4) is 5.75 Å². The molecule has 0 spiro atoms. The standard InChI is InChI=1S/C18H19F7O/c1-15(2,18(23,24)25)10-7-11(16(5-6-16)8-17(20,21)22)14(26)13(19)12(10)9-3-4-9/h7,9,26H,3-6,8H2,1-2H3. The van der Waals surface area contributed by atoms with E-state index in [1.807, 2.05) is 0 Å². The zero-order chi connectivity index (χ0) is 19.7. The van der Waals surface area contributed by atoms with Crippen molar-refractivity contribution in [3.05, 3.63) is 28.6 Å². The van der Waals surface area contributed by atoms with E-state index in [0.717, 1.165) is 19.9 Å². The molecule has 0 unspecified atom stereocenters. The van der Waals surface area contributed by atoms with E-state index in [1.165, 1.54) is 0 Å². The zero-order valence-electron chi connectivity index (χ0n) is 14.3. The molecule has 3 rings (SSSR count). The Labute approximate surface area is 146 Å². The molecule has 0 bridgehead atoms. The Morgan fingerprint density at radius 1 is 1.08 bits per heavy atom. The maximum Gasteiger partial charge on any atom is 0.397 e. The van der Waals surface area contributed by atoms with Crippen molar-refractivity contribution in [2.24, 2.45) is 0 Å². The van der Waals surface area contributed by atoms with Crippen LogP contribution < -0.4 is 0 Å². The van der Waals surface area contributed by atoms with Crippen LogP contribution in [0.5, 0.6) is 5.75 Å². The summed E-state index contributed by atoms with van der Waals surface area (Å²) in [5, 5.41) is 10.2. The lowest BCUT2D eigenvalue weighted by atomic mass is 9.76. The van der Waals surface area contributed by atoms with Crippen molar-refractivity contribution >= 4 is 0 Å². The molecule has 2 aliphatic carbocycles. The summed E-state index contributed by atoms with van der Waals surface area (Å²) >= 11 is 0. The second-order valence-electron chi connectivity index (χ2n) is 8.02. The SMILES string of the molecule is CC(C)(c1cc(C2(CC(F)(F)F)CC2)c(O)c(F)c1C1CC1)C(F)(F)F. The fourth-order valence-corrected chi connectivity index (χ4v) is 3.58. The molecule has 1 N–H and O–H groups in total. The Bertz CT molecular complexity index is 723. The van der Waals surface area contributed by atoms with Gasteiger partial charge in [-0.25, -0.2) is 4.39 Å². The molecule has 0 atom stereocenters. The first-order valence-corrected chi connectivity index (χ1v) is 8.39. The third-order valence-electron chi connectivity index (χ3n) is 5.61. The molecular formula is C18H19F7O. The Balaban J connectivity index is 2.20. The van der Waals surface area contributed by atoms with E-state index in [-0.39, 0.29) is 29.5 Å². The molecule has 2 saturated carbocycles. The molecule has 0 aliphatic heterocycles. The summed E-state index contributed by atoms with van der Waals surface area (Å²) in [6.07, 6.45) is -9.48. The Morgan fingerprint density at radius 3 is 2.00 bits per heavy atom. The predicted molar refractivity (Wildman–Crippen MR) is 80.7 cm³/mol. The summed E-state index contributed by atoms with van der Waals surface area (Å²) in [5.41, 5.74) is -4.92. The topological polar surface area (TPSA) is 20.2 Å². The summed E-state index contributed by atoms with van der Waals surface area (Å²) in [6.45, 7) is 1.77. The Kier molecular flexibility index (Phi) is 4.09. The first-order valence-electron chi connectivity index (χ1n) is 8.39. The number of hydrogen-bond acceptors (Lipinski definition) is 1. The van der Waals surface area contributed by atoms with Crippen molar-refractivity contribution in [2.75, 3.05) is 0 Å². The molecule has 0 aromatic heterocycles. The van der Waals surface area contributed by atoms with Crippen LogP contribution in [0.2, 0.25) is 0 Å². The molecule has 8 heteroatoms. The van der Waals surface area contributed by atoms with Crippen molar-refractivity contribution in [1.82, 2.24) is 0 Å². The third kappa shape index (κ3) is 3.16. The summed E-state index contributed by atoms with van der Waals surface area (Å²) in [6, 6.07) is 0.971. The highest BCUT2D eigenvalue weighted by Crippen LogP contribution is 2.60. The van der Waals surface area contributed by atoms with Crippen LogP contribution in [0.4, 0.5) is 30.7 Å². The minimum Gasteiger partial charge on any atom is -0.505 e. The Morgan fingerprint density at radius 2 is 1.62 bits per heavy atom. The number of halogens is 7. The largest absolute Gasteiger partial charge is 0.505 e. The molecule has 1 nitrogen and oxygen atoms in total. The molecule has 146 valence electrons. The smallest absolute Gasteiger partial charge is 0.397 e. The van der Waals surface area contributed by atoms with Crippen LogP contribution >= 0.6 is 0 Å². The maximum atomic E-state index is 14.8. The lowest BCUT2D eigenvalue weighted by Gasteiger charge is -2.32. The molecule has 26 heavy (non-hydrogen) atoms. The minimum atomic E-state index is -4.71. The van der Waals surface area contributed by atoms with Gasteiger partial charge in [0, 0.05) is 11.0 Å². The molecular weight excluding hydrogens is 365 g/mol. The average Bonchev–Trinajstić information content (AvgIpc) is 3.34.